The number of hydrogen-bond donors (Lipinski definition) is 2. The molecule has 3 aromatic rings. The molecule has 0 spiro atoms. The van der Waals surface area contributed by atoms with Gasteiger partial charge in [0.05, 0.1) is 29.6 Å². The van der Waals surface area contributed by atoms with Crippen molar-refractivity contribution >= 4 is 16.7 Å². The van der Waals surface area contributed by atoms with Gasteiger partial charge in [-0.3, -0.25) is 9.78 Å². The fourth-order valence-electron chi connectivity index (χ4n) is 5.35. The van der Waals surface area contributed by atoms with Crippen LogP contribution < -0.4 is 10.1 Å². The Morgan fingerprint density at radius 1 is 1.11 bits per heavy atom. The number of H-pyrrole nitrogens is 1. The minimum absolute atomic E-state index is 0.167. The summed E-state index contributed by atoms with van der Waals surface area (Å²) in [6.45, 7) is 4.93. The van der Waals surface area contributed by atoms with Gasteiger partial charge in [0.15, 0.2) is 11.4 Å². The van der Waals surface area contributed by atoms with Crippen molar-refractivity contribution in [1.82, 2.24) is 29.9 Å². The lowest BCUT2D eigenvalue weighted by Gasteiger charge is -2.30. The van der Waals surface area contributed by atoms with E-state index in [-0.39, 0.29) is 17.9 Å². The highest BCUT2D eigenvalue weighted by Gasteiger charge is 2.38. The Hall–Kier alpha value is -2.82. The Kier molecular flexibility index (Phi) is 6.61. The highest BCUT2D eigenvalue weighted by atomic mass is 19.4. The molecule has 0 amide bonds. The zero-order chi connectivity index (χ0) is 24.6. The lowest BCUT2D eigenvalue weighted by Crippen LogP contribution is -2.29. The molecule has 1 aliphatic heterocycles. The number of anilines is 1. The largest absolute Gasteiger partial charge is 0.486 e. The number of nitrogens with one attached hydrogen (secondary N) is 2. The van der Waals surface area contributed by atoms with Crippen molar-refractivity contribution in [3.8, 4) is 5.75 Å². The van der Waals surface area contributed by atoms with Gasteiger partial charge in [0, 0.05) is 30.1 Å². The zero-order valence-electron chi connectivity index (χ0n) is 20.1. The molecule has 11 heteroatoms. The number of fused-ring (bicyclic) bond motifs is 1. The van der Waals surface area contributed by atoms with Crippen molar-refractivity contribution in [3.05, 3.63) is 29.8 Å². The van der Waals surface area contributed by atoms with E-state index in [9.17, 15) is 13.2 Å². The van der Waals surface area contributed by atoms with E-state index in [0.29, 0.717) is 18.8 Å². The number of pyridine rings is 1. The molecule has 3 aromatic heterocycles. The maximum Gasteiger partial charge on any atom is 0.436 e. The van der Waals surface area contributed by atoms with Crippen molar-refractivity contribution in [2.24, 2.45) is 0 Å². The molecule has 2 N–H and O–H groups in total. The normalized spacial score (nSPS) is 22.5. The maximum atomic E-state index is 13.2. The lowest BCUT2D eigenvalue weighted by molar-refractivity contribution is -0.143. The summed E-state index contributed by atoms with van der Waals surface area (Å²) in [5.74, 6) is 1.01. The van der Waals surface area contributed by atoms with Gasteiger partial charge in [0.1, 0.15) is 5.82 Å². The highest BCUT2D eigenvalue weighted by molar-refractivity contribution is 5.84. The SMILES string of the molecule is CCNc1cc2c(cn1)c(C1CCN(C)CC1)nn2[C@H]1CC[C@@H](Oc2cn[nH]c2C(F)(F)F)CC1. The Balaban J connectivity index is 1.36. The second-order valence-electron chi connectivity index (χ2n) is 9.68. The van der Waals surface area contributed by atoms with Gasteiger partial charge in [-0.1, -0.05) is 0 Å². The fraction of sp³-hybridized carbons (Fsp3) is 0.625. The number of nitrogens with zero attached hydrogens (tertiary/aromatic N) is 5. The van der Waals surface area contributed by atoms with Crippen LogP contribution in [-0.2, 0) is 6.18 Å². The number of halogens is 3. The molecular weight excluding hydrogens is 459 g/mol. The van der Waals surface area contributed by atoms with Crippen LogP contribution in [0.25, 0.3) is 10.9 Å². The van der Waals surface area contributed by atoms with Gasteiger partial charge in [-0.15, -0.1) is 0 Å². The molecule has 0 aromatic carbocycles. The van der Waals surface area contributed by atoms with E-state index >= 15 is 0 Å². The predicted molar refractivity (Wildman–Crippen MR) is 127 cm³/mol. The quantitative estimate of drug-likeness (QED) is 0.506. The summed E-state index contributed by atoms with van der Waals surface area (Å²) in [7, 11) is 2.15. The van der Waals surface area contributed by atoms with Crippen molar-refractivity contribution in [2.75, 3.05) is 32.0 Å². The molecule has 5 rings (SSSR count). The average Bonchev–Trinajstić information content (AvgIpc) is 3.45. The molecule has 1 saturated carbocycles. The van der Waals surface area contributed by atoms with Crippen LogP contribution in [0.2, 0.25) is 0 Å². The first-order valence-corrected chi connectivity index (χ1v) is 12.4. The van der Waals surface area contributed by atoms with E-state index in [1.165, 1.54) is 0 Å². The van der Waals surface area contributed by atoms with Crippen molar-refractivity contribution in [2.45, 2.75) is 69.7 Å². The number of rotatable bonds is 6. The van der Waals surface area contributed by atoms with Gasteiger partial charge < -0.3 is 15.0 Å². The van der Waals surface area contributed by atoms with E-state index in [0.717, 1.165) is 73.9 Å². The molecule has 1 aliphatic carbocycles. The van der Waals surface area contributed by atoms with Crippen LogP contribution in [0.1, 0.15) is 68.8 Å². The second kappa shape index (κ2) is 9.67. The first kappa shape index (κ1) is 23.9. The van der Waals surface area contributed by atoms with Crippen LogP contribution in [0.15, 0.2) is 18.5 Å². The standard InChI is InChI=1S/C24H32F3N7O/c1-3-28-21-12-19-18(13-29-21)22(15-8-10-33(2)11-9-15)32-34(19)16-4-6-17(7-5-16)35-20-14-30-31-23(20)24(25,26)27/h12-17H,3-11H2,1-2H3,(H,28,29)(H,30,31)/t16-,17+. The third kappa shape index (κ3) is 4.96. The maximum absolute atomic E-state index is 13.2. The summed E-state index contributed by atoms with van der Waals surface area (Å²) in [5, 5.41) is 15.1. The fourth-order valence-corrected chi connectivity index (χ4v) is 5.35. The molecule has 1 saturated heterocycles. The van der Waals surface area contributed by atoms with Crippen LogP contribution in [-0.4, -0.2) is 62.6 Å². The Morgan fingerprint density at radius 2 is 1.86 bits per heavy atom. The molecule has 8 nitrogen and oxygen atoms in total. The average molecular weight is 492 g/mol. The van der Waals surface area contributed by atoms with Crippen LogP contribution in [0, 0.1) is 0 Å². The van der Waals surface area contributed by atoms with Gasteiger partial charge in [-0.05, 0) is 65.6 Å². The minimum Gasteiger partial charge on any atom is -0.486 e. The molecule has 0 radical (unpaired) electrons. The van der Waals surface area contributed by atoms with Crippen LogP contribution >= 0.6 is 0 Å². The molecular formula is C24H32F3N7O. The Morgan fingerprint density at radius 3 is 2.54 bits per heavy atom. The van der Waals surface area contributed by atoms with Crippen molar-refractivity contribution < 1.29 is 17.9 Å². The Bertz CT molecular complexity index is 1140. The van der Waals surface area contributed by atoms with E-state index in [1.54, 1.807) is 0 Å². The monoisotopic (exact) mass is 491 g/mol. The molecule has 0 bridgehead atoms. The topological polar surface area (TPSA) is 83.9 Å². The molecule has 0 unspecified atom stereocenters. The summed E-state index contributed by atoms with van der Waals surface area (Å²) in [6.07, 6.45) is 3.29. The third-order valence-electron chi connectivity index (χ3n) is 7.25. The Labute approximate surface area is 202 Å². The van der Waals surface area contributed by atoms with Gasteiger partial charge in [-0.25, -0.2) is 4.98 Å². The molecule has 2 aliphatic rings. The summed E-state index contributed by atoms with van der Waals surface area (Å²) in [6, 6.07) is 2.24. The number of aromatic amines is 1. The summed E-state index contributed by atoms with van der Waals surface area (Å²) >= 11 is 0. The third-order valence-corrected chi connectivity index (χ3v) is 7.25. The summed E-state index contributed by atoms with van der Waals surface area (Å²) in [5.41, 5.74) is 1.27. The molecule has 4 heterocycles. The molecule has 190 valence electrons. The van der Waals surface area contributed by atoms with Crippen LogP contribution in [0.4, 0.5) is 19.0 Å². The first-order valence-electron chi connectivity index (χ1n) is 12.4. The number of piperidine rings is 1. The van der Waals surface area contributed by atoms with E-state index in [4.69, 9.17) is 9.84 Å². The molecule has 35 heavy (non-hydrogen) atoms. The first-order chi connectivity index (χ1) is 16.8. The number of alkyl halides is 3. The smallest absolute Gasteiger partial charge is 0.436 e. The minimum atomic E-state index is -4.51. The van der Waals surface area contributed by atoms with Gasteiger partial charge in [0.25, 0.3) is 0 Å². The number of aromatic nitrogens is 5. The summed E-state index contributed by atoms with van der Waals surface area (Å²) in [4.78, 5) is 6.96. The van der Waals surface area contributed by atoms with E-state index in [1.807, 2.05) is 18.2 Å². The number of likely N-dealkylation sites (tertiary alicyclic amines) is 1. The van der Waals surface area contributed by atoms with Crippen molar-refractivity contribution in [1.29, 1.82) is 0 Å². The number of ether oxygens (including phenoxy) is 1. The lowest BCUT2D eigenvalue weighted by atomic mass is 9.92. The second-order valence-corrected chi connectivity index (χ2v) is 9.68. The molecule has 0 atom stereocenters. The summed E-state index contributed by atoms with van der Waals surface area (Å²) < 4.78 is 47.3. The van der Waals surface area contributed by atoms with Gasteiger partial charge in [-0.2, -0.15) is 23.4 Å². The number of hydrogen-bond acceptors (Lipinski definition) is 6. The molecule has 2 fully saturated rings. The van der Waals surface area contributed by atoms with Gasteiger partial charge in [0.2, 0.25) is 0 Å². The highest BCUT2D eigenvalue weighted by Crippen LogP contribution is 2.39. The van der Waals surface area contributed by atoms with Crippen molar-refractivity contribution in [3.63, 3.8) is 0 Å². The predicted octanol–water partition coefficient (Wildman–Crippen LogP) is 4.98. The van der Waals surface area contributed by atoms with E-state index in [2.05, 4.69) is 38.1 Å². The van der Waals surface area contributed by atoms with E-state index < -0.39 is 11.9 Å². The zero-order valence-corrected chi connectivity index (χ0v) is 20.1. The van der Waals surface area contributed by atoms with Crippen LogP contribution in [0.5, 0.6) is 5.75 Å². The van der Waals surface area contributed by atoms with Crippen LogP contribution in [0.3, 0.4) is 0 Å². The van der Waals surface area contributed by atoms with Gasteiger partial charge >= 0.3 is 6.18 Å².